The molecule has 1 amide bonds. The molecule has 24 heavy (non-hydrogen) atoms. The van der Waals surface area contributed by atoms with Gasteiger partial charge >= 0.3 is 0 Å². The fourth-order valence-corrected chi connectivity index (χ4v) is 3.09. The van der Waals surface area contributed by atoms with Crippen molar-refractivity contribution in [3.63, 3.8) is 0 Å². The Hall–Kier alpha value is -2.24. The second-order valence-corrected chi connectivity index (χ2v) is 6.70. The van der Waals surface area contributed by atoms with Crippen LogP contribution in [0.3, 0.4) is 0 Å². The summed E-state index contributed by atoms with van der Waals surface area (Å²) in [4.78, 5) is 14.6. The smallest absolute Gasteiger partial charge is 0.226 e. The minimum absolute atomic E-state index is 0.0163. The predicted molar refractivity (Wildman–Crippen MR) is 86.1 cm³/mol. The van der Waals surface area contributed by atoms with Crippen LogP contribution in [0.25, 0.3) is 0 Å². The zero-order chi connectivity index (χ0) is 17.4. The first-order chi connectivity index (χ1) is 11.4. The largest absolute Gasteiger partial charge is 0.336 e. The Kier molecular flexibility index (Phi) is 4.39. The molecule has 0 aliphatic heterocycles. The Bertz CT molecular complexity index is 756. The van der Waals surface area contributed by atoms with Crippen LogP contribution in [0.2, 0.25) is 0 Å². The molecule has 1 aromatic heterocycles. The molecule has 1 aliphatic rings. The molecule has 1 aromatic carbocycles. The molecule has 1 saturated carbocycles. The third-order valence-electron chi connectivity index (χ3n) is 4.49. The van der Waals surface area contributed by atoms with Crippen molar-refractivity contribution in [3.05, 3.63) is 53.4 Å². The number of carbonyl (C=O) groups is 1. The van der Waals surface area contributed by atoms with Crippen molar-refractivity contribution < 1.29 is 13.6 Å². The second kappa shape index (κ2) is 6.34. The Morgan fingerprint density at radius 3 is 2.75 bits per heavy atom. The molecule has 2 atom stereocenters. The fraction of sp³-hybridized carbons (Fsp3) is 0.444. The lowest BCUT2D eigenvalue weighted by Crippen LogP contribution is -2.37. The Labute approximate surface area is 140 Å². The van der Waals surface area contributed by atoms with Crippen molar-refractivity contribution in [1.29, 1.82) is 0 Å². The molecule has 2 aromatic rings. The lowest BCUT2D eigenvalue weighted by molar-refractivity contribution is -0.135. The van der Waals surface area contributed by atoms with E-state index < -0.39 is 11.6 Å². The van der Waals surface area contributed by atoms with Crippen LogP contribution in [0.15, 0.2) is 30.6 Å². The van der Waals surface area contributed by atoms with Crippen molar-refractivity contribution in [2.24, 2.45) is 13.0 Å². The van der Waals surface area contributed by atoms with E-state index in [2.05, 4.69) is 5.10 Å². The molecule has 128 valence electrons. The Morgan fingerprint density at radius 2 is 2.17 bits per heavy atom. The summed E-state index contributed by atoms with van der Waals surface area (Å²) in [5.41, 5.74) is 1.39. The normalized spacial score (nSPS) is 19.6. The number of halogens is 2. The van der Waals surface area contributed by atoms with Gasteiger partial charge in [0.2, 0.25) is 5.91 Å². The number of aryl methyl sites for hydroxylation is 1. The first-order valence-corrected chi connectivity index (χ1v) is 8.09. The maximum absolute atomic E-state index is 13.9. The van der Waals surface area contributed by atoms with E-state index in [-0.39, 0.29) is 23.8 Å². The predicted octanol–water partition coefficient (Wildman–Crippen LogP) is 3.24. The van der Waals surface area contributed by atoms with Gasteiger partial charge in [0.1, 0.15) is 11.6 Å². The zero-order valence-electron chi connectivity index (χ0n) is 14.0. The molecule has 1 heterocycles. The summed E-state index contributed by atoms with van der Waals surface area (Å²) in [5.74, 6) is -1.54. The van der Waals surface area contributed by atoms with Crippen LogP contribution in [0.4, 0.5) is 8.78 Å². The molecule has 2 unspecified atom stereocenters. The third kappa shape index (κ3) is 3.32. The third-order valence-corrected chi connectivity index (χ3v) is 4.49. The van der Waals surface area contributed by atoms with Crippen LogP contribution in [0.5, 0.6) is 0 Å². The molecule has 0 radical (unpaired) electrons. The van der Waals surface area contributed by atoms with Gasteiger partial charge in [-0.2, -0.15) is 5.10 Å². The van der Waals surface area contributed by atoms with Crippen LogP contribution in [-0.4, -0.2) is 26.6 Å². The molecule has 3 rings (SSSR count). The quantitative estimate of drug-likeness (QED) is 0.842. The van der Waals surface area contributed by atoms with Crippen molar-refractivity contribution in [3.8, 4) is 0 Å². The summed E-state index contributed by atoms with van der Waals surface area (Å²) in [6.45, 7) is 4.41. The van der Waals surface area contributed by atoms with Crippen molar-refractivity contribution in [2.75, 3.05) is 0 Å². The van der Waals surface area contributed by atoms with Crippen LogP contribution in [0.1, 0.15) is 37.3 Å². The molecule has 0 N–H and O–H groups in total. The average molecular weight is 333 g/mol. The molecular formula is C18H21F2N3O. The van der Waals surface area contributed by atoms with Gasteiger partial charge < -0.3 is 4.90 Å². The Balaban J connectivity index is 1.72. The fourth-order valence-electron chi connectivity index (χ4n) is 3.09. The van der Waals surface area contributed by atoms with Gasteiger partial charge in [0.25, 0.3) is 0 Å². The summed E-state index contributed by atoms with van der Waals surface area (Å²) in [7, 11) is 1.83. The number of nitrogens with zero attached hydrogens (tertiary/aromatic N) is 3. The van der Waals surface area contributed by atoms with Crippen LogP contribution in [0, 0.1) is 17.6 Å². The summed E-state index contributed by atoms with van der Waals surface area (Å²) in [5, 5.41) is 4.12. The van der Waals surface area contributed by atoms with Crippen molar-refractivity contribution >= 4 is 5.91 Å². The van der Waals surface area contributed by atoms with Gasteiger partial charge in [0, 0.05) is 43.4 Å². The van der Waals surface area contributed by atoms with E-state index in [0.29, 0.717) is 18.5 Å². The van der Waals surface area contributed by atoms with E-state index in [1.54, 1.807) is 15.8 Å². The minimum Gasteiger partial charge on any atom is -0.336 e. The van der Waals surface area contributed by atoms with Crippen molar-refractivity contribution in [2.45, 2.75) is 38.8 Å². The number of hydrogen-bond acceptors (Lipinski definition) is 2. The number of benzene rings is 1. The number of aromatic nitrogens is 2. The van der Waals surface area contributed by atoms with Crippen LogP contribution >= 0.6 is 0 Å². The van der Waals surface area contributed by atoms with Gasteiger partial charge in [-0.3, -0.25) is 9.48 Å². The molecule has 0 saturated heterocycles. The molecule has 1 fully saturated rings. The number of amides is 1. The topological polar surface area (TPSA) is 38.1 Å². The van der Waals surface area contributed by atoms with E-state index in [0.717, 1.165) is 11.6 Å². The molecule has 0 bridgehead atoms. The maximum Gasteiger partial charge on any atom is 0.226 e. The highest BCUT2D eigenvalue weighted by molar-refractivity contribution is 5.83. The highest BCUT2D eigenvalue weighted by atomic mass is 19.1. The second-order valence-electron chi connectivity index (χ2n) is 6.70. The number of carbonyl (C=O) groups excluding carboxylic acids is 1. The highest BCUT2D eigenvalue weighted by Crippen LogP contribution is 2.49. The lowest BCUT2D eigenvalue weighted by Gasteiger charge is -2.26. The molecule has 0 spiro atoms. The van der Waals surface area contributed by atoms with Gasteiger partial charge in [-0.15, -0.1) is 0 Å². The molecule has 1 aliphatic carbocycles. The zero-order valence-corrected chi connectivity index (χ0v) is 14.0. The van der Waals surface area contributed by atoms with E-state index in [1.165, 1.54) is 12.1 Å². The summed E-state index contributed by atoms with van der Waals surface area (Å²) in [6, 6.07) is 3.61. The monoisotopic (exact) mass is 333 g/mol. The van der Waals surface area contributed by atoms with E-state index in [9.17, 15) is 13.6 Å². The Morgan fingerprint density at radius 1 is 1.42 bits per heavy atom. The number of rotatable bonds is 5. The van der Waals surface area contributed by atoms with Gasteiger partial charge in [0.15, 0.2) is 0 Å². The first kappa shape index (κ1) is 16.6. The maximum atomic E-state index is 13.9. The summed E-state index contributed by atoms with van der Waals surface area (Å²) >= 11 is 0. The SMILES string of the molecule is CC(C)N(Cc1cnn(C)c1)C(=O)C1CC1c1ccc(F)cc1F. The van der Waals surface area contributed by atoms with E-state index in [4.69, 9.17) is 0 Å². The minimum atomic E-state index is -0.597. The van der Waals surface area contributed by atoms with E-state index >= 15 is 0 Å². The summed E-state index contributed by atoms with van der Waals surface area (Å²) in [6.07, 6.45) is 4.23. The average Bonchev–Trinajstić information content (AvgIpc) is 3.19. The van der Waals surface area contributed by atoms with Gasteiger partial charge in [-0.25, -0.2) is 8.78 Å². The van der Waals surface area contributed by atoms with Gasteiger partial charge in [-0.05, 0) is 37.8 Å². The highest BCUT2D eigenvalue weighted by Gasteiger charge is 2.47. The summed E-state index contributed by atoms with van der Waals surface area (Å²) < 4.78 is 28.7. The standard InChI is InChI=1S/C18H21F2N3O/c1-11(2)23(10-12-8-21-22(3)9-12)18(24)16-7-15(16)14-5-4-13(19)6-17(14)20/h4-6,8-9,11,15-16H,7,10H2,1-3H3. The molecule has 4 nitrogen and oxygen atoms in total. The molecular weight excluding hydrogens is 312 g/mol. The van der Waals surface area contributed by atoms with Crippen molar-refractivity contribution in [1.82, 2.24) is 14.7 Å². The van der Waals surface area contributed by atoms with E-state index in [1.807, 2.05) is 27.1 Å². The van der Waals surface area contributed by atoms with Crippen LogP contribution < -0.4 is 0 Å². The lowest BCUT2D eigenvalue weighted by atomic mass is 10.1. The van der Waals surface area contributed by atoms with Crippen LogP contribution in [-0.2, 0) is 18.4 Å². The first-order valence-electron chi connectivity index (χ1n) is 8.09. The van der Waals surface area contributed by atoms with Gasteiger partial charge in [0.05, 0.1) is 6.20 Å². The molecule has 6 heteroatoms. The number of hydrogen-bond donors (Lipinski definition) is 0. The van der Waals surface area contributed by atoms with Gasteiger partial charge in [-0.1, -0.05) is 6.07 Å².